The predicted octanol–water partition coefficient (Wildman–Crippen LogP) is 3.99. The Hall–Kier alpha value is -2.92. The second-order valence-electron chi connectivity index (χ2n) is 9.25. The van der Waals surface area contributed by atoms with Crippen LogP contribution in [0.1, 0.15) is 39.7 Å². The van der Waals surface area contributed by atoms with Crippen molar-refractivity contribution in [3.63, 3.8) is 0 Å². The van der Waals surface area contributed by atoms with Crippen LogP contribution in [0.3, 0.4) is 0 Å². The van der Waals surface area contributed by atoms with E-state index in [1.165, 1.54) is 22.4 Å². The number of carbonyl (C=O) groups excluding carboxylic acids is 1. The quantitative estimate of drug-likeness (QED) is 0.247. The highest BCUT2D eigenvalue weighted by molar-refractivity contribution is 7.85. The first-order valence-corrected chi connectivity index (χ1v) is 14.1. The molecule has 0 saturated heterocycles. The molecule has 1 aromatic heterocycles. The summed E-state index contributed by atoms with van der Waals surface area (Å²) in [5, 5.41) is 12.3. The summed E-state index contributed by atoms with van der Waals surface area (Å²) in [5.74, 6) is -1.11. The lowest BCUT2D eigenvalue weighted by Crippen LogP contribution is -2.36. The van der Waals surface area contributed by atoms with Gasteiger partial charge in [0.25, 0.3) is 11.5 Å². The van der Waals surface area contributed by atoms with Gasteiger partial charge in [0.2, 0.25) is 0 Å². The number of methoxy groups -OCH3 is 1. The van der Waals surface area contributed by atoms with Crippen molar-refractivity contribution in [3.8, 4) is 11.1 Å². The van der Waals surface area contributed by atoms with Crippen molar-refractivity contribution >= 4 is 27.5 Å². The molecule has 10 heteroatoms. The summed E-state index contributed by atoms with van der Waals surface area (Å²) in [4.78, 5) is 24.7. The lowest BCUT2D eigenvalue weighted by atomic mass is 10.00. The van der Waals surface area contributed by atoms with Crippen molar-refractivity contribution in [1.29, 1.82) is 0 Å². The number of nitrogens with one attached hydrogen (secondary N) is 2. The third-order valence-electron chi connectivity index (χ3n) is 6.19. The van der Waals surface area contributed by atoms with E-state index in [0.29, 0.717) is 35.0 Å². The van der Waals surface area contributed by atoms with Gasteiger partial charge in [-0.3, -0.25) is 19.0 Å². The molecular weight excluding hydrogens is 509 g/mol. The second kappa shape index (κ2) is 14.3. The zero-order valence-corrected chi connectivity index (χ0v) is 23.7. The van der Waals surface area contributed by atoms with E-state index in [4.69, 9.17) is 9.94 Å². The van der Waals surface area contributed by atoms with Gasteiger partial charge in [-0.15, -0.1) is 0 Å². The number of rotatable bonds is 11. The normalized spacial score (nSPS) is 12.9. The van der Waals surface area contributed by atoms with Gasteiger partial charge in [-0.2, -0.15) is 0 Å². The fraction of sp³-hybridized carbons (Fsp3) is 0.429. The molecule has 3 N–H and O–H groups in total. The number of benzene rings is 2. The number of aromatic nitrogens is 1. The molecule has 3 rings (SSSR count). The topological polar surface area (TPSA) is 110 Å². The fourth-order valence-electron chi connectivity index (χ4n) is 3.89. The molecule has 0 aliphatic rings. The Balaban J connectivity index is 0.00000247. The second-order valence-corrected chi connectivity index (χ2v) is 10.8. The van der Waals surface area contributed by atoms with Gasteiger partial charge in [0.1, 0.15) is 11.1 Å². The van der Waals surface area contributed by atoms with Gasteiger partial charge < -0.3 is 14.6 Å². The third-order valence-corrected chi connectivity index (χ3v) is 7.44. The Kier molecular flexibility index (Phi) is 11.8. The molecule has 3 aromatic rings. The molecule has 2 unspecified atom stereocenters. The molecule has 0 radical (unpaired) electrons. The van der Waals surface area contributed by atoms with E-state index in [0.717, 1.165) is 5.56 Å². The van der Waals surface area contributed by atoms with Gasteiger partial charge in [0.15, 0.2) is 0 Å². The summed E-state index contributed by atoms with van der Waals surface area (Å²) in [6.45, 7) is 9.23. The van der Waals surface area contributed by atoms with Gasteiger partial charge in [-0.1, -0.05) is 32.0 Å². The standard InChI is InChI=1S/C26H32FN3O5S.C2H6/c1-26(2,35-3)16-28-15-17-5-7-20(22(27)13-17)18-6-8-21-19(14-18)9-11-30(25(21)32)12-10-23(36(4)34)24(31)29-33;1-2/h5-9,11,13-14,23,28,33H,10,12,15-16H2,1-4H3,(H,29,31);1-2H3. The average molecular weight is 548 g/mol. The first kappa shape index (κ1) is 31.3. The smallest absolute Gasteiger partial charge is 0.259 e. The zero-order valence-electron chi connectivity index (χ0n) is 22.8. The lowest BCUT2D eigenvalue weighted by Gasteiger charge is -2.23. The van der Waals surface area contributed by atoms with E-state index in [1.807, 2.05) is 33.8 Å². The molecule has 0 fully saturated rings. The van der Waals surface area contributed by atoms with Crippen LogP contribution in [0.4, 0.5) is 4.39 Å². The number of aryl methyl sites for hydroxylation is 1. The Labute approximate surface area is 225 Å². The first-order valence-electron chi connectivity index (χ1n) is 12.5. The minimum absolute atomic E-state index is 0.119. The number of amides is 1. The van der Waals surface area contributed by atoms with Gasteiger partial charge in [0.05, 0.1) is 5.60 Å². The highest BCUT2D eigenvalue weighted by Crippen LogP contribution is 2.26. The number of hydroxylamine groups is 1. The lowest BCUT2D eigenvalue weighted by molar-refractivity contribution is -0.128. The number of hydrogen-bond acceptors (Lipinski definition) is 6. The van der Waals surface area contributed by atoms with E-state index in [-0.39, 0.29) is 29.9 Å². The van der Waals surface area contributed by atoms with Gasteiger partial charge in [-0.05, 0) is 61.0 Å². The molecule has 2 atom stereocenters. The van der Waals surface area contributed by atoms with Crippen molar-refractivity contribution < 1.29 is 23.3 Å². The SMILES string of the molecule is CC.COC(C)(C)CNCc1ccc(-c2ccc3c(=O)n(CCC(C(=O)NO)S(C)=O)ccc3c2)c(F)c1. The summed E-state index contributed by atoms with van der Waals surface area (Å²) in [6, 6.07) is 12.0. The van der Waals surface area contributed by atoms with E-state index < -0.39 is 22.0 Å². The number of carbonyl (C=O) groups is 1. The van der Waals surface area contributed by atoms with Crippen LogP contribution in [-0.2, 0) is 33.4 Å². The van der Waals surface area contributed by atoms with Crippen LogP contribution in [0.5, 0.6) is 0 Å². The van der Waals surface area contributed by atoms with Gasteiger partial charge in [-0.25, -0.2) is 9.87 Å². The number of nitrogens with zero attached hydrogens (tertiary/aromatic N) is 1. The molecule has 0 saturated carbocycles. The molecule has 38 heavy (non-hydrogen) atoms. The summed E-state index contributed by atoms with van der Waals surface area (Å²) in [6.07, 6.45) is 3.08. The van der Waals surface area contributed by atoms with Crippen LogP contribution in [0.25, 0.3) is 21.9 Å². The summed E-state index contributed by atoms with van der Waals surface area (Å²) < 4.78 is 33.6. The number of ether oxygens (including phenoxy) is 1. The first-order chi connectivity index (χ1) is 18.1. The van der Waals surface area contributed by atoms with Crippen molar-refractivity contribution in [2.24, 2.45) is 0 Å². The highest BCUT2D eigenvalue weighted by atomic mass is 32.2. The maximum atomic E-state index is 14.9. The maximum absolute atomic E-state index is 14.9. The summed E-state index contributed by atoms with van der Waals surface area (Å²) >= 11 is 0. The van der Waals surface area contributed by atoms with Crippen LogP contribution in [0, 0.1) is 5.82 Å². The van der Waals surface area contributed by atoms with Crippen LogP contribution < -0.4 is 16.4 Å². The van der Waals surface area contributed by atoms with E-state index in [1.54, 1.807) is 43.6 Å². The summed E-state index contributed by atoms with van der Waals surface area (Å²) in [5.41, 5.74) is 2.83. The maximum Gasteiger partial charge on any atom is 0.259 e. The summed E-state index contributed by atoms with van der Waals surface area (Å²) in [7, 11) is 0.144. The number of halogens is 1. The minimum atomic E-state index is -1.51. The largest absolute Gasteiger partial charge is 0.377 e. The molecule has 8 nitrogen and oxygen atoms in total. The third kappa shape index (κ3) is 8.04. The van der Waals surface area contributed by atoms with Crippen LogP contribution in [-0.4, -0.2) is 50.7 Å². The molecule has 208 valence electrons. The van der Waals surface area contributed by atoms with Gasteiger partial charge >= 0.3 is 0 Å². The van der Waals surface area contributed by atoms with Crippen LogP contribution in [0.2, 0.25) is 0 Å². The molecule has 0 spiro atoms. The van der Waals surface area contributed by atoms with E-state index >= 15 is 0 Å². The molecule has 0 aliphatic heterocycles. The van der Waals surface area contributed by atoms with E-state index in [2.05, 4.69) is 5.32 Å². The Morgan fingerprint density at radius 2 is 1.89 bits per heavy atom. The molecule has 0 bridgehead atoms. The van der Waals surface area contributed by atoms with E-state index in [9.17, 15) is 18.2 Å². The number of pyridine rings is 1. The molecule has 2 aromatic carbocycles. The van der Waals surface area contributed by atoms with Gasteiger partial charge in [0, 0.05) is 60.9 Å². The highest BCUT2D eigenvalue weighted by Gasteiger charge is 2.22. The molecule has 1 amide bonds. The minimum Gasteiger partial charge on any atom is -0.377 e. The predicted molar refractivity (Wildman–Crippen MR) is 150 cm³/mol. The fourth-order valence-corrected chi connectivity index (χ4v) is 4.68. The molecule has 1 heterocycles. The van der Waals surface area contributed by atoms with Crippen molar-refractivity contribution in [2.45, 2.75) is 58.1 Å². The molecular formula is C28H38FN3O5S. The molecule has 0 aliphatic carbocycles. The van der Waals surface area contributed by atoms with Crippen molar-refractivity contribution in [3.05, 3.63) is 70.4 Å². The Morgan fingerprint density at radius 3 is 2.50 bits per heavy atom. The van der Waals surface area contributed by atoms with Crippen molar-refractivity contribution in [1.82, 2.24) is 15.4 Å². The average Bonchev–Trinajstić information content (AvgIpc) is 2.90. The number of hydrogen-bond donors (Lipinski definition) is 3. The number of fused-ring (bicyclic) bond motifs is 1. The Morgan fingerprint density at radius 1 is 1.18 bits per heavy atom. The zero-order chi connectivity index (χ0) is 28.5. The van der Waals surface area contributed by atoms with Crippen LogP contribution in [0.15, 0.2) is 53.5 Å². The Bertz CT molecular complexity index is 1330. The van der Waals surface area contributed by atoms with Crippen LogP contribution >= 0.6 is 0 Å². The monoisotopic (exact) mass is 547 g/mol. The van der Waals surface area contributed by atoms with Crippen molar-refractivity contribution in [2.75, 3.05) is 19.9 Å².